The van der Waals surface area contributed by atoms with E-state index in [2.05, 4.69) is 4.85 Å². The van der Waals surface area contributed by atoms with E-state index in [0.717, 1.165) is 0 Å². The Kier molecular flexibility index (Phi) is 6.92. The van der Waals surface area contributed by atoms with Crippen LogP contribution in [0.5, 0.6) is 23.0 Å². The number of hydrogen-bond donors (Lipinski definition) is 0. The van der Waals surface area contributed by atoms with Gasteiger partial charge in [0.15, 0.2) is 28.7 Å². The minimum Gasteiger partial charge on any atom is -0.238 e. The first-order valence-corrected chi connectivity index (χ1v) is 10.5. The van der Waals surface area contributed by atoms with Crippen molar-refractivity contribution < 1.29 is 27.2 Å². The molecule has 0 fully saturated rings. The van der Waals surface area contributed by atoms with Crippen LogP contribution in [0.2, 0.25) is 0 Å². The van der Waals surface area contributed by atoms with Crippen LogP contribution in [0.25, 0.3) is 4.85 Å². The van der Waals surface area contributed by atoms with Crippen molar-refractivity contribution in [1.82, 2.24) is 0 Å². The highest BCUT2D eigenvalue weighted by Gasteiger charge is 2.27. The van der Waals surface area contributed by atoms with E-state index in [0.29, 0.717) is 11.3 Å². The Morgan fingerprint density at radius 3 is 1.67 bits per heavy atom. The van der Waals surface area contributed by atoms with Gasteiger partial charge in [0.05, 0.1) is 18.2 Å². The van der Waals surface area contributed by atoms with Crippen molar-refractivity contribution in [2.45, 2.75) is 0 Å². The van der Waals surface area contributed by atoms with Gasteiger partial charge >= 0.3 is 16.5 Å². The lowest BCUT2D eigenvalue weighted by atomic mass is 10.2. The van der Waals surface area contributed by atoms with Crippen LogP contribution in [0, 0.1) is 17.9 Å². The van der Waals surface area contributed by atoms with Crippen molar-refractivity contribution in [1.29, 1.82) is 5.26 Å². The van der Waals surface area contributed by atoms with E-state index < -0.39 is 16.5 Å². The smallest absolute Gasteiger partial charge is 0.238 e. The Bertz CT molecular complexity index is 1060. The third kappa shape index (κ3) is 6.02. The van der Waals surface area contributed by atoms with E-state index in [1.54, 1.807) is 6.07 Å². The van der Waals surface area contributed by atoms with Gasteiger partial charge in [-0.15, -0.1) is 0 Å². The molecular weight excluding hydrogens is 426 g/mol. The summed E-state index contributed by atoms with van der Waals surface area (Å²) >= 11 is 0. The summed E-state index contributed by atoms with van der Waals surface area (Å²) in [6, 6.07) is 20.1. The predicted octanol–water partition coefficient (Wildman–Crippen LogP) is 6.34. The van der Waals surface area contributed by atoms with Crippen LogP contribution in [0.3, 0.4) is 0 Å². The molecule has 3 rings (SSSR count). The number of benzene rings is 3. The average Bonchev–Trinajstić information content (AvgIpc) is 2.75. The van der Waals surface area contributed by atoms with E-state index in [1.807, 2.05) is 6.07 Å². The lowest BCUT2D eigenvalue weighted by molar-refractivity contribution is 0.409. The Hall–Kier alpha value is -3.96. The Morgan fingerprint density at radius 1 is 0.733 bits per heavy atom. The summed E-state index contributed by atoms with van der Waals surface area (Å²) in [5.41, 5.74) is 0.877. The second-order valence-corrected chi connectivity index (χ2v) is 7.15. The van der Waals surface area contributed by atoms with Crippen LogP contribution in [0.1, 0.15) is 5.56 Å². The fourth-order valence-corrected chi connectivity index (χ4v) is 3.37. The van der Waals surface area contributed by atoms with Crippen molar-refractivity contribution in [3.63, 3.8) is 0 Å². The fourth-order valence-electron chi connectivity index (χ4n) is 2.14. The van der Waals surface area contributed by atoms with Gasteiger partial charge in [-0.1, -0.05) is 18.2 Å². The van der Waals surface area contributed by atoms with Crippen LogP contribution in [0.4, 0.5) is 5.69 Å². The Balaban J connectivity index is 1.56. The topological polar surface area (TPSA) is 99.2 Å². The van der Waals surface area contributed by atoms with Gasteiger partial charge in [0.2, 0.25) is 0 Å². The zero-order valence-electron chi connectivity index (χ0n) is 15.2. The third-order valence-electron chi connectivity index (χ3n) is 3.47. The van der Waals surface area contributed by atoms with E-state index >= 15 is 0 Å². The molecule has 2 atom stereocenters. The molecule has 0 heterocycles. The van der Waals surface area contributed by atoms with Crippen LogP contribution >= 0.6 is 16.5 Å². The summed E-state index contributed by atoms with van der Waals surface area (Å²) in [7, 11) is -5.08. The van der Waals surface area contributed by atoms with Gasteiger partial charge in [-0.25, -0.2) is 22.9 Å². The molecule has 0 saturated carbocycles. The standard InChI is InChI=1S/C20H12N2O6P2/c1-22-16-7-11-18(12-8-16)26-30(24)28-20-4-2-3-19(13-20)27-29(23)25-17-9-5-15(14-21)6-10-17/h2-13H/q+2. The fraction of sp³-hybridized carbons (Fsp3) is 0. The predicted molar refractivity (Wildman–Crippen MR) is 108 cm³/mol. The summed E-state index contributed by atoms with van der Waals surface area (Å²) in [6.07, 6.45) is 0. The summed E-state index contributed by atoms with van der Waals surface area (Å²) in [4.78, 5) is 3.26. The molecule has 0 aromatic heterocycles. The minimum absolute atomic E-state index is 0.173. The molecule has 3 aromatic carbocycles. The maximum atomic E-state index is 12.1. The van der Waals surface area contributed by atoms with Crippen LogP contribution < -0.4 is 18.1 Å². The summed E-state index contributed by atoms with van der Waals surface area (Å²) in [5.74, 6) is 0.915. The van der Waals surface area contributed by atoms with Crippen molar-refractivity contribution in [2.24, 2.45) is 0 Å². The van der Waals surface area contributed by atoms with E-state index in [9.17, 15) is 9.13 Å². The third-order valence-corrected chi connectivity index (χ3v) is 4.91. The van der Waals surface area contributed by atoms with E-state index in [1.165, 1.54) is 66.7 Å². The van der Waals surface area contributed by atoms with Gasteiger partial charge in [-0.2, -0.15) is 5.26 Å². The minimum atomic E-state index is -2.54. The molecule has 10 heteroatoms. The molecule has 8 nitrogen and oxygen atoms in total. The molecule has 0 aliphatic rings. The average molecular weight is 438 g/mol. The van der Waals surface area contributed by atoms with Gasteiger partial charge in [0.25, 0.3) is 0 Å². The zero-order valence-corrected chi connectivity index (χ0v) is 17.0. The number of nitriles is 1. The molecule has 0 N–H and O–H groups in total. The van der Waals surface area contributed by atoms with E-state index in [4.69, 9.17) is 29.9 Å². The van der Waals surface area contributed by atoms with Crippen LogP contribution in [-0.4, -0.2) is 0 Å². The molecule has 146 valence electrons. The maximum Gasteiger partial charge on any atom is 0.805 e. The SMILES string of the molecule is [C-]#[N+]c1ccc(O[P+](=O)Oc2cccc(O[P+](=O)Oc3ccc(C#N)cc3)c2)cc1. The largest absolute Gasteiger partial charge is 0.805 e. The molecule has 30 heavy (non-hydrogen) atoms. The molecule has 0 saturated heterocycles. The van der Waals surface area contributed by atoms with Gasteiger partial charge in [-0.3, -0.25) is 0 Å². The first-order chi connectivity index (χ1) is 14.6. The van der Waals surface area contributed by atoms with Crippen molar-refractivity contribution in [3.8, 4) is 29.1 Å². The van der Waals surface area contributed by atoms with Crippen molar-refractivity contribution in [3.05, 3.63) is 89.8 Å². The lowest BCUT2D eigenvalue weighted by Crippen LogP contribution is -1.91. The van der Waals surface area contributed by atoms with E-state index in [-0.39, 0.29) is 23.0 Å². The highest BCUT2D eigenvalue weighted by Crippen LogP contribution is 2.35. The summed E-state index contributed by atoms with van der Waals surface area (Å²) in [6.45, 7) is 6.90. The molecule has 0 spiro atoms. The number of hydrogen-bond acceptors (Lipinski definition) is 7. The molecule has 2 unspecified atom stereocenters. The van der Waals surface area contributed by atoms with Gasteiger partial charge in [0.1, 0.15) is 0 Å². The lowest BCUT2D eigenvalue weighted by Gasteiger charge is -1.97. The molecule has 0 bridgehead atoms. The first kappa shape index (κ1) is 20.8. The second-order valence-electron chi connectivity index (χ2n) is 5.53. The number of rotatable bonds is 8. The molecule has 3 aromatic rings. The highest BCUT2D eigenvalue weighted by atomic mass is 31.1. The molecule has 0 amide bonds. The molecule has 0 radical (unpaired) electrons. The molecule has 0 aliphatic heterocycles. The van der Waals surface area contributed by atoms with Crippen LogP contribution in [-0.2, 0) is 9.13 Å². The highest BCUT2D eigenvalue weighted by molar-refractivity contribution is 7.34. The molecular formula is C20H12N2O6P2+2. The first-order valence-electron chi connectivity index (χ1n) is 8.30. The van der Waals surface area contributed by atoms with Gasteiger partial charge < -0.3 is 0 Å². The molecule has 0 aliphatic carbocycles. The van der Waals surface area contributed by atoms with Gasteiger partial charge in [0, 0.05) is 15.2 Å². The normalized spacial score (nSPS) is 10.7. The van der Waals surface area contributed by atoms with Crippen LogP contribution in [0.15, 0.2) is 72.8 Å². The summed E-state index contributed by atoms with van der Waals surface area (Å²) < 4.78 is 44.9. The van der Waals surface area contributed by atoms with Crippen molar-refractivity contribution in [2.75, 3.05) is 0 Å². The van der Waals surface area contributed by atoms with Crippen molar-refractivity contribution >= 4 is 22.2 Å². The Morgan fingerprint density at radius 2 is 1.20 bits per heavy atom. The zero-order chi connectivity index (χ0) is 21.3. The number of nitrogens with zero attached hydrogens (tertiary/aromatic N) is 2. The van der Waals surface area contributed by atoms with Gasteiger partial charge in [-0.05, 0) is 48.5 Å². The quantitative estimate of drug-likeness (QED) is 0.299. The monoisotopic (exact) mass is 438 g/mol. The second kappa shape index (κ2) is 10.0. The maximum absolute atomic E-state index is 12.1. The summed E-state index contributed by atoms with van der Waals surface area (Å²) in [5, 5.41) is 8.77. The Labute approximate surface area is 173 Å².